The molecule has 1 aromatic heterocycles. The average Bonchev–Trinajstić information content (AvgIpc) is 2.65. The van der Waals surface area contributed by atoms with E-state index in [-0.39, 0.29) is 5.48 Å². The second-order valence-electron chi connectivity index (χ2n) is 4.23. The highest BCUT2D eigenvalue weighted by Crippen LogP contribution is 2.28. The van der Waals surface area contributed by atoms with Crippen molar-refractivity contribution >= 4 is 5.97 Å². The van der Waals surface area contributed by atoms with Crippen LogP contribution >= 0.6 is 0 Å². The van der Waals surface area contributed by atoms with Crippen LogP contribution in [0.4, 0.5) is 0 Å². The summed E-state index contributed by atoms with van der Waals surface area (Å²) in [4.78, 5) is 35.7. The van der Waals surface area contributed by atoms with Crippen molar-refractivity contribution in [3.8, 4) is 0 Å². The number of hydrogen-bond donors (Lipinski definition) is 5. The molecule has 1 aromatic rings. The molecule has 1 aliphatic rings. The number of aliphatic hydroxyl groups is 3. The molecule has 1 aliphatic heterocycles. The number of aliphatic hydroxyl groups excluding tert-OH is 3. The summed E-state index contributed by atoms with van der Waals surface area (Å²) in [5.74, 6) is -1.58. The minimum absolute atomic E-state index is 0. The number of aromatic nitrogens is 2. The summed E-state index contributed by atoms with van der Waals surface area (Å²) in [7, 11) is 0. The van der Waals surface area contributed by atoms with Crippen molar-refractivity contribution in [2.75, 3.05) is 6.61 Å². The van der Waals surface area contributed by atoms with Gasteiger partial charge in [0.15, 0.2) is 6.23 Å². The maximum Gasteiger partial charge on any atom is 0.352 e. The quantitative estimate of drug-likeness (QED) is 0.373. The molecule has 0 unspecified atom stereocenters. The molecule has 0 aliphatic carbocycles. The Bertz CT molecular complexity index is 636. The predicted molar refractivity (Wildman–Crippen MR) is 64.9 cm³/mol. The van der Waals surface area contributed by atoms with Gasteiger partial charge >= 0.3 is 11.7 Å². The summed E-state index contributed by atoms with van der Waals surface area (Å²) in [6.07, 6.45) is -5.83. The molecule has 0 aromatic carbocycles. The minimum atomic E-state index is -1.63. The Morgan fingerprint density at radius 1 is 1.33 bits per heavy atom. The van der Waals surface area contributed by atoms with Crippen molar-refractivity contribution in [2.45, 2.75) is 24.5 Å². The first-order valence-corrected chi connectivity index (χ1v) is 5.58. The monoisotopic (exact) mass is 306 g/mol. The number of rotatable bonds is 3. The zero-order valence-corrected chi connectivity index (χ0v) is 10.5. The number of carboxylic acids is 1. The fourth-order valence-electron chi connectivity index (χ4n) is 2.02. The van der Waals surface area contributed by atoms with E-state index in [1.165, 1.54) is 0 Å². The van der Waals surface area contributed by atoms with Crippen molar-refractivity contribution in [1.29, 1.82) is 0 Å². The van der Waals surface area contributed by atoms with Gasteiger partial charge in [-0.1, -0.05) is 0 Å². The van der Waals surface area contributed by atoms with Gasteiger partial charge in [0, 0.05) is 6.07 Å². The third-order valence-electron chi connectivity index (χ3n) is 2.97. The molecule has 7 N–H and O–H groups in total. The molecule has 0 bridgehead atoms. The number of carbonyl (C=O) groups is 1. The molecular weight excluding hydrogens is 292 g/mol. The highest BCUT2D eigenvalue weighted by atomic mass is 16.6. The van der Waals surface area contributed by atoms with Crippen LogP contribution in [0.2, 0.25) is 0 Å². The number of aromatic carboxylic acids is 1. The topological polar surface area (TPSA) is 194 Å². The number of nitrogens with zero attached hydrogens (tertiary/aromatic N) is 1. The second-order valence-corrected chi connectivity index (χ2v) is 4.23. The standard InChI is InChI=1S/C10H12N2O8.H2O/c13-2-4-6(15)7(16)8(20-4)12-3(9(17)18)1-5(14)11-10(12)19;/h1,4,6-8,13,15-16H,2H2,(H,17,18)(H,11,14,19);1H2/t4-,6-,7-,8-;/m1./s1. The van der Waals surface area contributed by atoms with Crippen LogP contribution in [-0.4, -0.2) is 66.3 Å². The molecule has 0 saturated carbocycles. The Labute approximate surface area is 116 Å². The zero-order valence-electron chi connectivity index (χ0n) is 10.5. The lowest BCUT2D eigenvalue weighted by molar-refractivity contribution is -0.0562. The molecule has 1 fully saturated rings. The number of nitrogens with one attached hydrogen (secondary N) is 1. The van der Waals surface area contributed by atoms with Crippen LogP contribution in [-0.2, 0) is 4.74 Å². The van der Waals surface area contributed by atoms with Crippen LogP contribution < -0.4 is 11.2 Å². The van der Waals surface area contributed by atoms with Crippen molar-refractivity contribution in [3.63, 3.8) is 0 Å². The molecule has 21 heavy (non-hydrogen) atoms. The number of hydrogen-bond acceptors (Lipinski definition) is 7. The van der Waals surface area contributed by atoms with E-state index in [0.29, 0.717) is 10.6 Å². The van der Waals surface area contributed by atoms with E-state index in [1.54, 1.807) is 0 Å². The highest BCUT2D eigenvalue weighted by molar-refractivity contribution is 5.85. The smallest absolute Gasteiger partial charge is 0.352 e. The molecule has 4 atom stereocenters. The second kappa shape index (κ2) is 6.15. The van der Waals surface area contributed by atoms with Gasteiger partial charge in [0.25, 0.3) is 5.56 Å². The predicted octanol–water partition coefficient (Wildman–Crippen LogP) is -3.98. The lowest BCUT2D eigenvalue weighted by Crippen LogP contribution is -2.40. The molecule has 2 heterocycles. The molecule has 11 heteroatoms. The molecule has 11 nitrogen and oxygen atoms in total. The molecule has 118 valence electrons. The van der Waals surface area contributed by atoms with Crippen molar-refractivity contribution in [3.05, 3.63) is 32.6 Å². The lowest BCUT2D eigenvalue weighted by atomic mass is 10.1. The van der Waals surface area contributed by atoms with E-state index >= 15 is 0 Å². The summed E-state index contributed by atoms with van der Waals surface area (Å²) < 4.78 is 5.57. The van der Waals surface area contributed by atoms with E-state index < -0.39 is 54.1 Å². The maximum absolute atomic E-state index is 11.7. The maximum atomic E-state index is 11.7. The third-order valence-corrected chi connectivity index (χ3v) is 2.97. The van der Waals surface area contributed by atoms with Crippen LogP contribution in [0.15, 0.2) is 15.7 Å². The molecule has 0 spiro atoms. The van der Waals surface area contributed by atoms with Gasteiger partial charge in [-0.25, -0.2) is 9.59 Å². The van der Waals surface area contributed by atoms with Crippen molar-refractivity contribution in [2.24, 2.45) is 0 Å². The number of H-pyrrole nitrogens is 1. The zero-order chi connectivity index (χ0) is 15.0. The largest absolute Gasteiger partial charge is 0.477 e. The summed E-state index contributed by atoms with van der Waals surface area (Å²) in [6.45, 7) is -0.630. The van der Waals surface area contributed by atoms with Crippen LogP contribution in [0.3, 0.4) is 0 Å². The van der Waals surface area contributed by atoms with Gasteiger partial charge < -0.3 is 30.6 Å². The number of carboxylic acid groups (broad SMARTS) is 1. The fourth-order valence-corrected chi connectivity index (χ4v) is 2.02. The van der Waals surface area contributed by atoms with E-state index in [1.807, 2.05) is 4.98 Å². The Balaban J connectivity index is 0.00000220. The van der Waals surface area contributed by atoms with Gasteiger partial charge in [-0.05, 0) is 0 Å². The highest BCUT2D eigenvalue weighted by Gasteiger charge is 2.44. The molecule has 0 radical (unpaired) electrons. The summed E-state index contributed by atoms with van der Waals surface area (Å²) in [6, 6.07) is 0.651. The third kappa shape index (κ3) is 2.86. The van der Waals surface area contributed by atoms with Gasteiger partial charge in [-0.15, -0.1) is 0 Å². The lowest BCUT2D eigenvalue weighted by Gasteiger charge is -2.19. The normalized spacial score (nSPS) is 28.1. The Morgan fingerprint density at radius 3 is 2.43 bits per heavy atom. The summed E-state index contributed by atoms with van der Waals surface area (Å²) in [5.41, 5.74) is -2.73. The summed E-state index contributed by atoms with van der Waals surface area (Å²) >= 11 is 0. The van der Waals surface area contributed by atoms with Crippen molar-refractivity contribution < 1.29 is 35.4 Å². The Hall–Kier alpha value is -2.05. The van der Waals surface area contributed by atoms with E-state index in [0.717, 1.165) is 0 Å². The van der Waals surface area contributed by atoms with Crippen molar-refractivity contribution in [1.82, 2.24) is 9.55 Å². The van der Waals surface area contributed by atoms with E-state index in [4.69, 9.17) is 14.9 Å². The number of ether oxygens (including phenoxy) is 1. The van der Waals surface area contributed by atoms with Crippen LogP contribution in [0.5, 0.6) is 0 Å². The minimum Gasteiger partial charge on any atom is -0.477 e. The van der Waals surface area contributed by atoms with Gasteiger partial charge in [0.05, 0.1) is 6.61 Å². The Kier molecular flexibility index (Phi) is 4.98. The van der Waals surface area contributed by atoms with Crippen LogP contribution in [0, 0.1) is 0 Å². The SMILES string of the molecule is O.O=C(O)c1cc(=O)[nH]c(=O)n1[C@@H]1O[C@H](CO)[C@@H](O)[C@H]1O. The summed E-state index contributed by atoms with van der Waals surface area (Å²) in [5, 5.41) is 37.3. The van der Waals surface area contributed by atoms with Gasteiger partial charge in [0.2, 0.25) is 0 Å². The van der Waals surface area contributed by atoms with Gasteiger partial charge in [-0.3, -0.25) is 14.3 Å². The molecule has 1 saturated heterocycles. The van der Waals surface area contributed by atoms with E-state index in [2.05, 4.69) is 0 Å². The average molecular weight is 306 g/mol. The molecular formula is C10H14N2O9. The first kappa shape index (κ1) is 17.0. The first-order chi connectivity index (χ1) is 9.36. The van der Waals surface area contributed by atoms with Crippen LogP contribution in [0.1, 0.15) is 16.7 Å². The first-order valence-electron chi connectivity index (χ1n) is 5.58. The van der Waals surface area contributed by atoms with Gasteiger partial charge in [0.1, 0.15) is 24.0 Å². The van der Waals surface area contributed by atoms with Gasteiger partial charge in [-0.2, -0.15) is 0 Å². The number of aromatic amines is 1. The Morgan fingerprint density at radius 2 is 1.95 bits per heavy atom. The van der Waals surface area contributed by atoms with Crippen LogP contribution in [0.25, 0.3) is 0 Å². The molecule has 0 amide bonds. The molecule has 2 rings (SSSR count). The van der Waals surface area contributed by atoms with E-state index in [9.17, 15) is 24.6 Å². The fraction of sp³-hybridized carbons (Fsp3) is 0.500.